The van der Waals surface area contributed by atoms with Gasteiger partial charge in [-0.25, -0.2) is 0 Å². The first kappa shape index (κ1) is 14.9. The van der Waals surface area contributed by atoms with E-state index < -0.39 is 0 Å². The summed E-state index contributed by atoms with van der Waals surface area (Å²) in [7, 11) is 0. The molecule has 0 aliphatic rings. The van der Waals surface area contributed by atoms with Crippen molar-refractivity contribution in [3.63, 3.8) is 0 Å². The van der Waals surface area contributed by atoms with Crippen LogP contribution in [-0.4, -0.2) is 0 Å². The molecule has 0 aliphatic carbocycles. The molecule has 0 aromatic heterocycles. The van der Waals surface area contributed by atoms with E-state index in [1.165, 1.54) is 5.56 Å². The first-order valence-corrected chi connectivity index (χ1v) is 6.92. The van der Waals surface area contributed by atoms with Crippen LogP contribution in [0.5, 0.6) is 5.75 Å². The number of anilines is 1. The van der Waals surface area contributed by atoms with E-state index in [1.54, 1.807) is 18.2 Å². The first-order valence-electron chi connectivity index (χ1n) is 6.92. The predicted octanol–water partition coefficient (Wildman–Crippen LogP) is 4.02. The van der Waals surface area contributed by atoms with Crippen LogP contribution in [0.25, 0.3) is 0 Å². The van der Waals surface area contributed by atoms with Crippen LogP contribution in [0.15, 0.2) is 42.5 Å². The zero-order valence-corrected chi connectivity index (χ0v) is 12.7. The Bertz CT molecular complexity index is 661. The summed E-state index contributed by atoms with van der Waals surface area (Å²) in [5, 5.41) is 9.08. The van der Waals surface area contributed by atoms with Crippen LogP contribution >= 0.6 is 0 Å². The molecule has 3 nitrogen and oxygen atoms in total. The van der Waals surface area contributed by atoms with E-state index in [4.69, 9.17) is 15.7 Å². The Balaban J connectivity index is 2.09. The predicted molar refractivity (Wildman–Crippen MR) is 85.0 cm³/mol. The molecule has 0 atom stereocenters. The molecule has 0 aliphatic heterocycles. The summed E-state index contributed by atoms with van der Waals surface area (Å²) in [5.74, 6) is 0.562. The molecule has 0 heterocycles. The minimum Gasteiger partial charge on any atom is -0.488 e. The van der Waals surface area contributed by atoms with Crippen molar-refractivity contribution in [2.24, 2.45) is 0 Å². The second-order valence-corrected chi connectivity index (χ2v) is 6.10. The maximum Gasteiger partial charge on any atom is 0.137 e. The molecule has 0 spiro atoms. The van der Waals surface area contributed by atoms with Crippen LogP contribution < -0.4 is 10.5 Å². The average molecular weight is 280 g/mol. The molecule has 0 radical (unpaired) electrons. The Morgan fingerprint density at radius 2 is 1.76 bits per heavy atom. The molecular weight excluding hydrogens is 260 g/mol. The van der Waals surface area contributed by atoms with Gasteiger partial charge in [-0.3, -0.25) is 0 Å². The van der Waals surface area contributed by atoms with Gasteiger partial charge in [0.1, 0.15) is 18.4 Å². The van der Waals surface area contributed by atoms with Crippen molar-refractivity contribution in [2.45, 2.75) is 32.8 Å². The van der Waals surface area contributed by atoms with Gasteiger partial charge in [0.15, 0.2) is 0 Å². The first-order chi connectivity index (χ1) is 9.90. The van der Waals surface area contributed by atoms with Gasteiger partial charge in [0.2, 0.25) is 0 Å². The van der Waals surface area contributed by atoms with Gasteiger partial charge in [0, 0.05) is 5.69 Å². The number of hydrogen-bond donors (Lipinski definition) is 1. The fourth-order valence-corrected chi connectivity index (χ4v) is 2.02. The third kappa shape index (κ3) is 3.76. The summed E-state index contributed by atoms with van der Waals surface area (Å²) in [6, 6.07) is 15.5. The third-order valence-electron chi connectivity index (χ3n) is 3.34. The summed E-state index contributed by atoms with van der Waals surface area (Å²) in [4.78, 5) is 0. The van der Waals surface area contributed by atoms with E-state index in [-0.39, 0.29) is 5.41 Å². The Morgan fingerprint density at radius 3 is 2.33 bits per heavy atom. The molecule has 0 saturated heterocycles. The topological polar surface area (TPSA) is 59.0 Å². The lowest BCUT2D eigenvalue weighted by Gasteiger charge is -2.19. The van der Waals surface area contributed by atoms with Gasteiger partial charge in [-0.15, -0.1) is 0 Å². The van der Waals surface area contributed by atoms with Crippen LogP contribution in [0.2, 0.25) is 0 Å². The summed E-state index contributed by atoms with van der Waals surface area (Å²) in [5.41, 5.74) is 9.19. The maximum atomic E-state index is 9.08. The molecular formula is C18H20N2O. The Kier molecular flexibility index (Phi) is 4.18. The number of rotatable bonds is 3. The van der Waals surface area contributed by atoms with Crippen LogP contribution in [0.3, 0.4) is 0 Å². The van der Waals surface area contributed by atoms with E-state index >= 15 is 0 Å². The van der Waals surface area contributed by atoms with Crippen LogP contribution in [-0.2, 0) is 12.0 Å². The number of nitrogen functional groups attached to an aromatic ring is 1. The van der Waals surface area contributed by atoms with Crippen LogP contribution in [0.1, 0.15) is 37.5 Å². The van der Waals surface area contributed by atoms with Crippen molar-refractivity contribution in [1.29, 1.82) is 5.26 Å². The molecule has 0 unspecified atom stereocenters. The SMILES string of the molecule is CC(C)(C)c1ccc(COc2ccc(N)cc2C#N)cc1. The highest BCUT2D eigenvalue weighted by molar-refractivity contribution is 5.53. The molecule has 0 amide bonds. The molecule has 2 N–H and O–H groups in total. The zero-order chi connectivity index (χ0) is 15.5. The van der Waals surface area contributed by atoms with E-state index in [9.17, 15) is 0 Å². The summed E-state index contributed by atoms with van der Waals surface area (Å²) in [6.45, 7) is 6.99. The highest BCUT2D eigenvalue weighted by atomic mass is 16.5. The molecule has 21 heavy (non-hydrogen) atoms. The summed E-state index contributed by atoms with van der Waals surface area (Å²) in [6.07, 6.45) is 0. The highest BCUT2D eigenvalue weighted by Gasteiger charge is 2.13. The molecule has 0 bridgehead atoms. The molecule has 0 saturated carbocycles. The van der Waals surface area contributed by atoms with E-state index in [0.717, 1.165) is 5.56 Å². The van der Waals surface area contributed by atoms with Gasteiger partial charge >= 0.3 is 0 Å². The molecule has 3 heteroatoms. The van der Waals surface area contributed by atoms with Crippen molar-refractivity contribution in [2.75, 3.05) is 5.73 Å². The van der Waals surface area contributed by atoms with Gasteiger partial charge in [0.25, 0.3) is 0 Å². The van der Waals surface area contributed by atoms with E-state index in [2.05, 4.69) is 51.1 Å². The standard InChI is InChI=1S/C18H20N2O/c1-18(2,3)15-6-4-13(5-7-15)12-21-17-9-8-16(20)10-14(17)11-19/h4-10H,12,20H2,1-3H3. The van der Waals surface area contributed by atoms with Crippen molar-refractivity contribution in [3.05, 3.63) is 59.2 Å². The van der Waals surface area contributed by atoms with Gasteiger partial charge in [0.05, 0.1) is 5.56 Å². The number of benzene rings is 2. The second-order valence-electron chi connectivity index (χ2n) is 6.10. The molecule has 2 aromatic rings. The number of nitriles is 1. The minimum absolute atomic E-state index is 0.143. The number of nitrogens with two attached hydrogens (primary N) is 1. The number of nitrogens with zero attached hydrogens (tertiary/aromatic N) is 1. The maximum absolute atomic E-state index is 9.08. The highest BCUT2D eigenvalue weighted by Crippen LogP contribution is 2.24. The Labute approximate surface area is 126 Å². The van der Waals surface area contributed by atoms with Crippen LogP contribution in [0.4, 0.5) is 5.69 Å². The lowest BCUT2D eigenvalue weighted by atomic mass is 9.87. The Morgan fingerprint density at radius 1 is 1.10 bits per heavy atom. The third-order valence-corrected chi connectivity index (χ3v) is 3.34. The molecule has 108 valence electrons. The van der Waals surface area contributed by atoms with Crippen molar-refractivity contribution in [1.82, 2.24) is 0 Å². The largest absolute Gasteiger partial charge is 0.488 e. The van der Waals surface area contributed by atoms with Gasteiger partial charge in [-0.2, -0.15) is 5.26 Å². The van der Waals surface area contributed by atoms with Gasteiger partial charge in [-0.1, -0.05) is 45.0 Å². The van der Waals surface area contributed by atoms with E-state index in [0.29, 0.717) is 23.6 Å². The van der Waals surface area contributed by atoms with Crippen molar-refractivity contribution < 1.29 is 4.74 Å². The number of ether oxygens (including phenoxy) is 1. The molecule has 2 aromatic carbocycles. The zero-order valence-electron chi connectivity index (χ0n) is 12.7. The second kappa shape index (κ2) is 5.88. The van der Waals surface area contributed by atoms with Gasteiger partial charge in [-0.05, 0) is 34.7 Å². The van der Waals surface area contributed by atoms with Gasteiger partial charge < -0.3 is 10.5 Å². The minimum atomic E-state index is 0.143. The molecule has 2 rings (SSSR count). The monoisotopic (exact) mass is 280 g/mol. The average Bonchev–Trinajstić information content (AvgIpc) is 2.45. The van der Waals surface area contributed by atoms with Crippen molar-refractivity contribution >= 4 is 5.69 Å². The normalized spacial score (nSPS) is 11.0. The quantitative estimate of drug-likeness (QED) is 0.864. The smallest absolute Gasteiger partial charge is 0.137 e. The lowest BCUT2D eigenvalue weighted by Crippen LogP contribution is -2.10. The van der Waals surface area contributed by atoms with Crippen molar-refractivity contribution in [3.8, 4) is 11.8 Å². The fraction of sp³-hybridized carbons (Fsp3) is 0.278. The summed E-state index contributed by atoms with van der Waals surface area (Å²) >= 11 is 0. The fourth-order valence-electron chi connectivity index (χ4n) is 2.02. The summed E-state index contributed by atoms with van der Waals surface area (Å²) < 4.78 is 5.72. The molecule has 0 fully saturated rings. The van der Waals surface area contributed by atoms with E-state index in [1.807, 2.05) is 0 Å². The van der Waals surface area contributed by atoms with Crippen LogP contribution in [0, 0.1) is 11.3 Å². The number of hydrogen-bond acceptors (Lipinski definition) is 3. The Hall–Kier alpha value is -2.47. The lowest BCUT2D eigenvalue weighted by molar-refractivity contribution is 0.305.